The maximum absolute atomic E-state index is 12.7. The molecule has 0 bridgehead atoms. The molecule has 146 valence electrons. The highest BCUT2D eigenvalue weighted by Gasteiger charge is 2.22. The minimum Gasteiger partial charge on any atom is -0.496 e. The lowest BCUT2D eigenvalue weighted by atomic mass is 10.0. The molecule has 3 rings (SSSR count). The molecule has 1 heterocycles. The quantitative estimate of drug-likeness (QED) is 0.438. The van der Waals surface area contributed by atoms with Gasteiger partial charge in [0, 0.05) is 12.8 Å². The van der Waals surface area contributed by atoms with Crippen molar-refractivity contribution < 1.29 is 18.7 Å². The van der Waals surface area contributed by atoms with Gasteiger partial charge < -0.3 is 13.9 Å². The molecule has 0 amide bonds. The first-order valence-electron chi connectivity index (χ1n) is 9.37. The topological polar surface area (TPSA) is 65.7 Å². The molecule has 0 saturated heterocycles. The number of benzene rings is 2. The first-order valence-corrected chi connectivity index (χ1v) is 9.37. The molecule has 28 heavy (non-hydrogen) atoms. The zero-order valence-electron chi connectivity index (χ0n) is 16.4. The fourth-order valence-electron chi connectivity index (χ4n) is 3.03. The van der Waals surface area contributed by atoms with Crippen molar-refractivity contribution in [2.24, 2.45) is 5.92 Å². The van der Waals surface area contributed by atoms with Gasteiger partial charge in [-0.05, 0) is 30.0 Å². The van der Waals surface area contributed by atoms with Gasteiger partial charge in [-0.25, -0.2) is 4.79 Å². The summed E-state index contributed by atoms with van der Waals surface area (Å²) in [5.74, 6) is 0.716. The van der Waals surface area contributed by atoms with E-state index < -0.39 is 5.63 Å². The average Bonchev–Trinajstić information content (AvgIpc) is 2.69. The molecule has 5 heteroatoms. The molecule has 5 nitrogen and oxygen atoms in total. The van der Waals surface area contributed by atoms with E-state index in [-0.39, 0.29) is 18.1 Å². The fraction of sp³-hybridized carbons (Fsp3) is 0.304. The Morgan fingerprint density at radius 2 is 1.82 bits per heavy atom. The van der Waals surface area contributed by atoms with Crippen LogP contribution < -0.4 is 15.1 Å². The van der Waals surface area contributed by atoms with Crippen LogP contribution in [0.2, 0.25) is 0 Å². The van der Waals surface area contributed by atoms with E-state index in [2.05, 4.69) is 0 Å². The summed E-state index contributed by atoms with van der Waals surface area (Å²) in [7, 11) is 1.53. The highest BCUT2D eigenvalue weighted by Crippen LogP contribution is 2.36. The van der Waals surface area contributed by atoms with Gasteiger partial charge in [0.25, 0.3) is 0 Å². The van der Waals surface area contributed by atoms with Crippen LogP contribution in [0.15, 0.2) is 57.7 Å². The van der Waals surface area contributed by atoms with Gasteiger partial charge in [-0.15, -0.1) is 0 Å². The van der Waals surface area contributed by atoms with E-state index in [9.17, 15) is 9.59 Å². The minimum atomic E-state index is -0.517. The Balaban J connectivity index is 2.13. The first kappa shape index (κ1) is 19.7. The van der Waals surface area contributed by atoms with Crippen molar-refractivity contribution in [3.8, 4) is 11.5 Å². The number of carbonyl (C=O) groups excluding carboxylic acids is 1. The number of esters is 1. The lowest BCUT2D eigenvalue weighted by Crippen LogP contribution is -2.16. The fourth-order valence-corrected chi connectivity index (χ4v) is 3.03. The second-order valence-corrected chi connectivity index (χ2v) is 7.10. The summed E-state index contributed by atoms with van der Waals surface area (Å²) < 4.78 is 16.7. The van der Waals surface area contributed by atoms with E-state index in [0.717, 1.165) is 5.56 Å². The number of hydrogen-bond acceptors (Lipinski definition) is 5. The van der Waals surface area contributed by atoms with Crippen molar-refractivity contribution in [3.05, 3.63) is 70.1 Å². The van der Waals surface area contributed by atoms with Gasteiger partial charge in [0.15, 0.2) is 5.75 Å². The first-order chi connectivity index (χ1) is 13.5. The van der Waals surface area contributed by atoms with Gasteiger partial charge in [0.1, 0.15) is 16.7 Å². The molecule has 1 aromatic heterocycles. The van der Waals surface area contributed by atoms with Crippen molar-refractivity contribution in [1.29, 1.82) is 0 Å². The molecule has 0 aliphatic carbocycles. The summed E-state index contributed by atoms with van der Waals surface area (Å²) >= 11 is 0. The number of methoxy groups -OCH3 is 1. The lowest BCUT2D eigenvalue weighted by Gasteiger charge is -2.14. The van der Waals surface area contributed by atoms with Gasteiger partial charge in [0.05, 0.1) is 12.7 Å². The second-order valence-electron chi connectivity index (χ2n) is 7.10. The summed E-state index contributed by atoms with van der Waals surface area (Å²) in [5.41, 5.74) is 1.04. The predicted octanol–water partition coefficient (Wildman–Crippen LogP) is 4.73. The molecule has 0 atom stereocenters. The molecule has 0 aliphatic heterocycles. The molecule has 2 aromatic carbocycles. The normalized spacial score (nSPS) is 11.0. The molecule has 0 radical (unpaired) electrons. The van der Waals surface area contributed by atoms with E-state index in [0.29, 0.717) is 41.0 Å². The van der Waals surface area contributed by atoms with E-state index in [1.54, 1.807) is 18.2 Å². The molecule has 0 unspecified atom stereocenters. The van der Waals surface area contributed by atoms with Crippen LogP contribution in [0.25, 0.3) is 11.0 Å². The predicted molar refractivity (Wildman–Crippen MR) is 108 cm³/mol. The van der Waals surface area contributed by atoms with Gasteiger partial charge in [-0.3, -0.25) is 4.79 Å². The average molecular weight is 380 g/mol. The van der Waals surface area contributed by atoms with Crippen LogP contribution in [-0.2, 0) is 11.2 Å². The number of carbonyl (C=O) groups is 1. The Bertz CT molecular complexity index is 1020. The van der Waals surface area contributed by atoms with Crippen molar-refractivity contribution in [3.63, 3.8) is 0 Å². The van der Waals surface area contributed by atoms with Crippen LogP contribution in [0.5, 0.6) is 11.5 Å². The number of fused-ring (bicyclic) bond motifs is 1. The highest BCUT2D eigenvalue weighted by molar-refractivity contribution is 5.92. The van der Waals surface area contributed by atoms with Gasteiger partial charge in [-0.2, -0.15) is 0 Å². The van der Waals surface area contributed by atoms with Crippen LogP contribution in [0, 0.1) is 5.92 Å². The van der Waals surface area contributed by atoms with Crippen molar-refractivity contribution in [1.82, 2.24) is 0 Å². The third kappa shape index (κ3) is 4.42. The molecule has 0 N–H and O–H groups in total. The maximum atomic E-state index is 12.7. The monoisotopic (exact) mass is 380 g/mol. The summed E-state index contributed by atoms with van der Waals surface area (Å²) in [6.45, 7) is 4.09. The van der Waals surface area contributed by atoms with E-state index in [1.165, 1.54) is 7.11 Å². The third-order valence-electron chi connectivity index (χ3n) is 4.52. The zero-order chi connectivity index (χ0) is 20.1. The SMILES string of the molecule is COc1cccc2oc(=O)c(Cc3ccccc3)c(OC(=O)CCC(C)C)c12. The Kier molecular flexibility index (Phi) is 6.14. The third-order valence-corrected chi connectivity index (χ3v) is 4.52. The Morgan fingerprint density at radius 3 is 2.50 bits per heavy atom. The second kappa shape index (κ2) is 8.74. The molecule has 3 aromatic rings. The van der Waals surface area contributed by atoms with Crippen molar-refractivity contribution in [2.45, 2.75) is 33.1 Å². The van der Waals surface area contributed by atoms with E-state index in [1.807, 2.05) is 44.2 Å². The highest BCUT2D eigenvalue weighted by atomic mass is 16.5. The number of hydrogen-bond donors (Lipinski definition) is 0. The standard InChI is InChI=1S/C23H24O5/c1-15(2)12-13-20(24)28-22-17(14-16-8-5-4-6-9-16)23(25)27-19-11-7-10-18(26-3)21(19)22/h4-11,15H,12-14H2,1-3H3. The molecule has 0 saturated carbocycles. The van der Waals surface area contributed by atoms with E-state index in [4.69, 9.17) is 13.9 Å². The van der Waals surface area contributed by atoms with Crippen LogP contribution >= 0.6 is 0 Å². The molecule has 0 fully saturated rings. The summed E-state index contributed by atoms with van der Waals surface area (Å²) in [5, 5.41) is 0.494. The summed E-state index contributed by atoms with van der Waals surface area (Å²) in [4.78, 5) is 25.2. The Morgan fingerprint density at radius 1 is 1.07 bits per heavy atom. The van der Waals surface area contributed by atoms with Crippen LogP contribution in [0.3, 0.4) is 0 Å². The number of ether oxygens (including phenoxy) is 2. The number of rotatable bonds is 7. The smallest absolute Gasteiger partial charge is 0.343 e. The summed E-state index contributed by atoms with van der Waals surface area (Å²) in [6, 6.07) is 14.7. The van der Waals surface area contributed by atoms with Crippen LogP contribution in [-0.4, -0.2) is 13.1 Å². The lowest BCUT2D eigenvalue weighted by molar-refractivity contribution is -0.134. The molecule has 0 spiro atoms. The Hall–Kier alpha value is -3.08. The van der Waals surface area contributed by atoms with Crippen molar-refractivity contribution in [2.75, 3.05) is 7.11 Å². The van der Waals surface area contributed by atoms with Crippen LogP contribution in [0.4, 0.5) is 0 Å². The molecule has 0 aliphatic rings. The maximum Gasteiger partial charge on any atom is 0.343 e. The van der Waals surface area contributed by atoms with Crippen molar-refractivity contribution >= 4 is 16.9 Å². The zero-order valence-corrected chi connectivity index (χ0v) is 16.4. The largest absolute Gasteiger partial charge is 0.496 e. The minimum absolute atomic E-state index is 0.223. The Labute approximate surface area is 163 Å². The molecular formula is C23H24O5. The van der Waals surface area contributed by atoms with Gasteiger partial charge in [0.2, 0.25) is 0 Å². The molecular weight excluding hydrogens is 356 g/mol. The van der Waals surface area contributed by atoms with E-state index >= 15 is 0 Å². The van der Waals surface area contributed by atoms with Gasteiger partial charge in [-0.1, -0.05) is 50.2 Å². The van der Waals surface area contributed by atoms with Crippen LogP contribution in [0.1, 0.15) is 37.8 Å². The van der Waals surface area contributed by atoms with Gasteiger partial charge >= 0.3 is 11.6 Å². The summed E-state index contributed by atoms with van der Waals surface area (Å²) in [6.07, 6.45) is 1.28.